The number of rotatable bonds is 3. The molecule has 1 unspecified atom stereocenters. The van der Waals surface area contributed by atoms with Gasteiger partial charge in [0.15, 0.2) is 0 Å². The highest BCUT2D eigenvalue weighted by Gasteiger charge is 1.86. The van der Waals surface area contributed by atoms with Crippen LogP contribution in [-0.2, 0) is 15.6 Å². The summed E-state index contributed by atoms with van der Waals surface area (Å²) in [5.41, 5.74) is 1.21. The normalized spacial score (nSPS) is 8.96. The van der Waals surface area contributed by atoms with Crippen LogP contribution in [0.3, 0.4) is 0 Å². The molecule has 2 N–H and O–H groups in total. The third-order valence-corrected chi connectivity index (χ3v) is 3.24. The van der Waals surface area contributed by atoms with Gasteiger partial charge in [-0.05, 0) is 23.9 Å². The average molecular weight is 388 g/mol. The molecule has 0 aliphatic rings. The molecular weight excluding hydrogens is 346 g/mol. The molecule has 0 saturated carbocycles. The zero-order valence-corrected chi connectivity index (χ0v) is 19.1. The first-order valence-electron chi connectivity index (χ1n) is 9.55. The summed E-state index contributed by atoms with van der Waals surface area (Å²) in [6.45, 7) is 15.6. The van der Waals surface area contributed by atoms with Gasteiger partial charge in [0, 0.05) is 40.9 Å². The smallest absolute Gasteiger partial charge is 0.303 e. The van der Waals surface area contributed by atoms with E-state index >= 15 is 0 Å². The summed E-state index contributed by atoms with van der Waals surface area (Å²) in [7, 11) is -0.566. The first-order chi connectivity index (χ1) is 12.5. The Bertz CT molecular complexity index is 494. The Morgan fingerprint density at radius 2 is 1.46 bits per heavy atom. The molecule has 0 radical (unpaired) electrons. The largest absolute Gasteiger partial charge is 0.481 e. The zero-order valence-electron chi connectivity index (χ0n) is 18.3. The second kappa shape index (κ2) is 28.2. The Balaban J connectivity index is -0.000000127. The van der Waals surface area contributed by atoms with Crippen LogP contribution in [0.25, 0.3) is 10.9 Å². The number of nitrogens with one attached hydrogen (secondary N) is 1. The molecule has 1 aromatic carbocycles. The van der Waals surface area contributed by atoms with Crippen molar-refractivity contribution in [2.45, 2.75) is 68.2 Å². The summed E-state index contributed by atoms with van der Waals surface area (Å²) < 4.78 is 10.2. The summed E-state index contributed by atoms with van der Waals surface area (Å²) in [5, 5.41) is 9.00. The Morgan fingerprint density at radius 1 is 1.00 bits per heavy atom. The fourth-order valence-corrected chi connectivity index (χ4v) is 1.86. The molecule has 0 bridgehead atoms. The maximum Gasteiger partial charge on any atom is 0.303 e. The molecule has 0 aliphatic carbocycles. The second-order valence-electron chi connectivity index (χ2n) is 4.09. The van der Waals surface area contributed by atoms with Gasteiger partial charge in [-0.25, -0.2) is 0 Å². The van der Waals surface area contributed by atoms with Gasteiger partial charge in [0.2, 0.25) is 0 Å². The van der Waals surface area contributed by atoms with Crippen molar-refractivity contribution in [1.82, 2.24) is 4.98 Å². The van der Waals surface area contributed by atoms with Gasteiger partial charge >= 0.3 is 5.97 Å². The monoisotopic (exact) mass is 387 g/mol. The van der Waals surface area contributed by atoms with Crippen molar-refractivity contribution >= 4 is 27.7 Å². The van der Waals surface area contributed by atoms with Crippen molar-refractivity contribution in [3.63, 3.8) is 0 Å². The highest BCUT2D eigenvalue weighted by atomic mass is 32.2. The number of H-pyrrole nitrogens is 1. The molecule has 2 rings (SSSR count). The third-order valence-electron chi connectivity index (χ3n) is 2.26. The molecule has 4 nitrogen and oxygen atoms in total. The molecule has 26 heavy (non-hydrogen) atoms. The fourth-order valence-electron chi connectivity index (χ4n) is 1.28. The van der Waals surface area contributed by atoms with E-state index in [2.05, 4.69) is 23.2 Å². The van der Waals surface area contributed by atoms with E-state index in [0.29, 0.717) is 0 Å². The van der Waals surface area contributed by atoms with Crippen molar-refractivity contribution in [3.8, 4) is 0 Å². The molecule has 2 aromatic rings. The standard InChI is InChI=1S/C8H7N.C4H10OS.C3H6O2.3C2H6/c1-2-4-8-7(3-1)5-6-9-8;1-3-4-6(2)5;1-2-3(4)5;3*1-2/h1-6,9H;3-4H2,1-2H3;2H2,1H3,(H,4,5);3*1-2H3. The number of para-hydroxylation sites is 1. The Kier molecular flexibility index (Phi) is 34.8. The van der Waals surface area contributed by atoms with Crippen LogP contribution < -0.4 is 0 Å². The zero-order chi connectivity index (χ0) is 21.4. The van der Waals surface area contributed by atoms with Gasteiger partial charge in [-0.3, -0.25) is 9.00 Å². The van der Waals surface area contributed by atoms with Gasteiger partial charge < -0.3 is 10.1 Å². The highest BCUT2D eigenvalue weighted by molar-refractivity contribution is 7.84. The van der Waals surface area contributed by atoms with Crippen LogP contribution in [0.4, 0.5) is 0 Å². The summed E-state index contributed by atoms with van der Waals surface area (Å²) in [4.78, 5) is 12.5. The first-order valence-corrected chi connectivity index (χ1v) is 11.3. The van der Waals surface area contributed by atoms with Gasteiger partial charge in [0.25, 0.3) is 0 Å². The SMILES string of the molecule is CC.CC.CC.CCC(=O)O.CCCS(C)=O.c1ccc2[nH]ccc2c1. The molecule has 1 atom stereocenters. The quantitative estimate of drug-likeness (QED) is 0.631. The van der Waals surface area contributed by atoms with Crippen molar-refractivity contribution in [3.05, 3.63) is 36.5 Å². The van der Waals surface area contributed by atoms with E-state index in [1.807, 2.05) is 66.8 Å². The molecule has 0 spiro atoms. The summed E-state index contributed by atoms with van der Waals surface area (Å²) in [5.74, 6) is 0.102. The lowest BCUT2D eigenvalue weighted by atomic mass is 10.3. The van der Waals surface area contributed by atoms with Gasteiger partial charge in [-0.2, -0.15) is 0 Å². The Labute approximate surface area is 163 Å². The lowest BCUT2D eigenvalue weighted by molar-refractivity contribution is -0.136. The summed E-state index contributed by atoms with van der Waals surface area (Å²) >= 11 is 0. The number of aliphatic carboxylic acids is 1. The van der Waals surface area contributed by atoms with Crippen LogP contribution in [-0.4, -0.2) is 32.3 Å². The molecule has 154 valence electrons. The Morgan fingerprint density at radius 3 is 1.77 bits per heavy atom. The number of carbonyl (C=O) groups is 1. The van der Waals surface area contributed by atoms with Crippen LogP contribution in [0.2, 0.25) is 0 Å². The minimum absolute atomic E-state index is 0.222. The number of benzene rings is 1. The van der Waals surface area contributed by atoms with Crippen molar-refractivity contribution in [1.29, 1.82) is 0 Å². The number of fused-ring (bicyclic) bond motifs is 1. The van der Waals surface area contributed by atoms with E-state index in [-0.39, 0.29) is 6.42 Å². The Hall–Kier alpha value is -1.62. The average Bonchev–Trinajstić information content (AvgIpc) is 3.16. The summed E-state index contributed by atoms with van der Waals surface area (Å²) in [6, 6.07) is 10.3. The fraction of sp³-hybridized carbons (Fsp3) is 0.571. The van der Waals surface area contributed by atoms with Crippen molar-refractivity contribution < 1.29 is 14.1 Å². The molecule has 0 fully saturated rings. The third kappa shape index (κ3) is 24.6. The molecule has 0 amide bonds. The number of hydrogen-bond acceptors (Lipinski definition) is 2. The molecule has 5 heteroatoms. The minimum Gasteiger partial charge on any atom is -0.481 e. The van der Waals surface area contributed by atoms with Crippen LogP contribution >= 0.6 is 0 Å². The second-order valence-corrected chi connectivity index (χ2v) is 5.64. The van der Waals surface area contributed by atoms with Gasteiger partial charge in [0.05, 0.1) is 0 Å². The van der Waals surface area contributed by atoms with E-state index in [0.717, 1.165) is 12.2 Å². The van der Waals surface area contributed by atoms with E-state index < -0.39 is 16.8 Å². The molecule has 0 saturated heterocycles. The maximum atomic E-state index is 10.2. The lowest BCUT2D eigenvalue weighted by Gasteiger charge is -1.83. The van der Waals surface area contributed by atoms with Gasteiger partial charge in [0.1, 0.15) is 0 Å². The molecular formula is C21H41NO3S. The van der Waals surface area contributed by atoms with Crippen LogP contribution in [0.5, 0.6) is 0 Å². The number of carboxylic acid groups (broad SMARTS) is 1. The van der Waals surface area contributed by atoms with E-state index in [9.17, 15) is 9.00 Å². The van der Waals surface area contributed by atoms with Crippen molar-refractivity contribution in [2.24, 2.45) is 0 Å². The highest BCUT2D eigenvalue weighted by Crippen LogP contribution is 2.09. The number of aromatic nitrogens is 1. The van der Waals surface area contributed by atoms with E-state index in [1.54, 1.807) is 13.2 Å². The van der Waals surface area contributed by atoms with E-state index in [4.69, 9.17) is 5.11 Å². The van der Waals surface area contributed by atoms with Gasteiger partial charge in [-0.15, -0.1) is 0 Å². The maximum absolute atomic E-state index is 10.2. The van der Waals surface area contributed by atoms with Crippen LogP contribution in [0, 0.1) is 0 Å². The van der Waals surface area contributed by atoms with E-state index in [1.165, 1.54) is 10.9 Å². The molecule has 1 heterocycles. The molecule has 1 aromatic heterocycles. The predicted molar refractivity (Wildman–Crippen MR) is 119 cm³/mol. The lowest BCUT2D eigenvalue weighted by Crippen LogP contribution is -1.89. The number of hydrogen-bond donors (Lipinski definition) is 2. The van der Waals surface area contributed by atoms with Gasteiger partial charge in [-0.1, -0.05) is 73.6 Å². The van der Waals surface area contributed by atoms with Crippen LogP contribution in [0.1, 0.15) is 68.2 Å². The summed E-state index contributed by atoms with van der Waals surface area (Å²) in [6.07, 6.45) is 4.93. The molecule has 0 aliphatic heterocycles. The van der Waals surface area contributed by atoms with Crippen molar-refractivity contribution in [2.75, 3.05) is 12.0 Å². The number of aromatic amines is 1. The topological polar surface area (TPSA) is 70.2 Å². The van der Waals surface area contributed by atoms with Crippen LogP contribution in [0.15, 0.2) is 36.5 Å². The minimum atomic E-state index is -0.745. The number of carboxylic acids is 1. The first kappa shape index (κ1) is 32.1. The predicted octanol–water partition coefficient (Wildman–Crippen LogP) is 6.50.